The third kappa shape index (κ3) is 7.12. The van der Waals surface area contributed by atoms with Crippen molar-refractivity contribution in [3.8, 4) is 0 Å². The number of carbonyl (C=O) groups is 2. The van der Waals surface area contributed by atoms with Crippen molar-refractivity contribution in [3.05, 3.63) is 95.8 Å². The quantitative estimate of drug-likeness (QED) is 0.225. The van der Waals surface area contributed by atoms with Gasteiger partial charge in [-0.05, 0) is 106 Å². The van der Waals surface area contributed by atoms with E-state index < -0.39 is 10.0 Å². The van der Waals surface area contributed by atoms with Crippen molar-refractivity contribution in [3.63, 3.8) is 0 Å². The molecule has 254 valence electrons. The predicted molar refractivity (Wildman–Crippen MR) is 188 cm³/mol. The first-order valence-corrected chi connectivity index (χ1v) is 18.7. The molecule has 11 heteroatoms. The summed E-state index contributed by atoms with van der Waals surface area (Å²) in [4.78, 5) is 31.5. The largest absolute Gasteiger partial charge is 0.483 e. The van der Waals surface area contributed by atoms with E-state index in [0.29, 0.717) is 42.5 Å². The van der Waals surface area contributed by atoms with Crippen molar-refractivity contribution in [1.29, 1.82) is 0 Å². The number of aryl methyl sites for hydroxylation is 1. The molecule has 0 radical (unpaired) electrons. The average Bonchev–Trinajstić information content (AvgIpc) is 3.54. The van der Waals surface area contributed by atoms with Crippen LogP contribution in [-0.2, 0) is 20.2 Å². The van der Waals surface area contributed by atoms with Gasteiger partial charge in [0.15, 0.2) is 0 Å². The van der Waals surface area contributed by atoms with Gasteiger partial charge < -0.3 is 14.6 Å². The zero-order valence-electron chi connectivity index (χ0n) is 27.7. The SMILES string of the molecule is Cc1nc2ccccc2n1C1C[C@H]2CC[C@@H](C1)N2CCC1(c2ccccc2)CCN(C(=O)c2ccc(NS(C)(=O)=O)cc2)CC1.O=CO. The highest BCUT2D eigenvalue weighted by molar-refractivity contribution is 7.92. The number of aromatic nitrogens is 2. The molecule has 0 saturated carbocycles. The summed E-state index contributed by atoms with van der Waals surface area (Å²) in [6.07, 6.45) is 8.97. The Hall–Kier alpha value is -4.22. The summed E-state index contributed by atoms with van der Waals surface area (Å²) in [5.74, 6) is 1.13. The van der Waals surface area contributed by atoms with Gasteiger partial charge in [0.2, 0.25) is 10.0 Å². The number of sulfonamides is 1. The fourth-order valence-electron chi connectivity index (χ4n) is 8.48. The van der Waals surface area contributed by atoms with Crippen molar-refractivity contribution < 1.29 is 23.1 Å². The van der Waals surface area contributed by atoms with Crippen molar-refractivity contribution in [1.82, 2.24) is 19.4 Å². The van der Waals surface area contributed by atoms with Gasteiger partial charge in [-0.25, -0.2) is 13.4 Å². The van der Waals surface area contributed by atoms with E-state index in [9.17, 15) is 13.2 Å². The van der Waals surface area contributed by atoms with Gasteiger partial charge in [-0.15, -0.1) is 0 Å². The normalized spacial score (nSPS) is 22.1. The summed E-state index contributed by atoms with van der Waals surface area (Å²) in [5.41, 5.74) is 4.83. The van der Waals surface area contributed by atoms with E-state index in [-0.39, 0.29) is 17.8 Å². The zero-order valence-corrected chi connectivity index (χ0v) is 28.5. The lowest BCUT2D eigenvalue weighted by Gasteiger charge is -2.45. The zero-order chi connectivity index (χ0) is 33.9. The Morgan fingerprint density at radius 2 is 1.54 bits per heavy atom. The van der Waals surface area contributed by atoms with E-state index >= 15 is 0 Å². The molecule has 3 aliphatic heterocycles. The lowest BCUT2D eigenvalue weighted by atomic mass is 9.70. The Bertz CT molecular complexity index is 1820. The fraction of sp³-hybridized carbons (Fsp3) is 0.432. The number of piperidine rings is 2. The van der Waals surface area contributed by atoms with E-state index in [1.807, 2.05) is 4.90 Å². The summed E-state index contributed by atoms with van der Waals surface area (Å²) in [6, 6.07) is 27.9. The van der Waals surface area contributed by atoms with Crippen molar-refractivity contribution >= 4 is 39.1 Å². The molecule has 1 amide bonds. The van der Waals surface area contributed by atoms with E-state index in [0.717, 1.165) is 43.4 Å². The third-order valence-electron chi connectivity index (χ3n) is 10.7. The second-order valence-corrected chi connectivity index (χ2v) is 15.3. The van der Waals surface area contributed by atoms with Crippen LogP contribution < -0.4 is 4.72 Å². The molecule has 1 unspecified atom stereocenters. The smallest absolute Gasteiger partial charge is 0.290 e. The molecule has 7 rings (SSSR count). The monoisotopic (exact) mass is 671 g/mol. The number of hydrogen-bond donors (Lipinski definition) is 2. The second-order valence-electron chi connectivity index (χ2n) is 13.5. The number of benzene rings is 3. The van der Waals surface area contributed by atoms with Crippen LogP contribution in [0.2, 0.25) is 0 Å². The number of hydrogen-bond acceptors (Lipinski definition) is 6. The van der Waals surface area contributed by atoms with Crippen LogP contribution in [0.15, 0.2) is 78.9 Å². The molecular weight excluding hydrogens is 627 g/mol. The van der Waals surface area contributed by atoms with Crippen molar-refractivity contribution in [2.24, 2.45) is 0 Å². The van der Waals surface area contributed by atoms with Crippen LogP contribution in [0.25, 0.3) is 11.0 Å². The van der Waals surface area contributed by atoms with E-state index in [1.165, 1.54) is 36.8 Å². The maximum atomic E-state index is 13.4. The number of anilines is 1. The molecule has 4 aromatic rings. The topological polar surface area (TPSA) is 125 Å². The molecule has 10 nitrogen and oxygen atoms in total. The third-order valence-corrected chi connectivity index (χ3v) is 11.3. The number of rotatable bonds is 8. The second kappa shape index (κ2) is 14.1. The molecule has 3 atom stereocenters. The van der Waals surface area contributed by atoms with Crippen molar-refractivity contribution in [2.75, 3.05) is 30.6 Å². The predicted octanol–water partition coefficient (Wildman–Crippen LogP) is 5.85. The minimum atomic E-state index is -3.36. The number of nitrogens with one attached hydrogen (secondary N) is 1. The maximum absolute atomic E-state index is 13.4. The van der Waals surface area contributed by atoms with Crippen LogP contribution in [0.3, 0.4) is 0 Å². The van der Waals surface area contributed by atoms with Gasteiger partial charge in [-0.2, -0.15) is 0 Å². The number of carbonyl (C=O) groups excluding carboxylic acids is 1. The van der Waals surface area contributed by atoms with Gasteiger partial charge in [0.1, 0.15) is 5.82 Å². The first-order chi connectivity index (χ1) is 23.1. The van der Waals surface area contributed by atoms with Gasteiger partial charge in [-0.3, -0.25) is 19.2 Å². The van der Waals surface area contributed by atoms with E-state index in [4.69, 9.17) is 14.9 Å². The molecular formula is C37H45N5O5S. The first-order valence-electron chi connectivity index (χ1n) is 16.8. The summed E-state index contributed by atoms with van der Waals surface area (Å²) in [5, 5.41) is 6.89. The number of carboxylic acid groups (broad SMARTS) is 1. The summed E-state index contributed by atoms with van der Waals surface area (Å²) >= 11 is 0. The molecule has 3 aliphatic rings. The van der Waals surface area contributed by atoms with Gasteiger partial charge in [0.25, 0.3) is 12.4 Å². The Labute approximate surface area is 282 Å². The highest BCUT2D eigenvalue weighted by Gasteiger charge is 2.44. The first kappa shape index (κ1) is 33.7. The number of imidazole rings is 1. The summed E-state index contributed by atoms with van der Waals surface area (Å²) < 4.78 is 28.1. The number of nitrogens with zero attached hydrogens (tertiary/aromatic N) is 4. The number of para-hydroxylation sites is 2. The average molecular weight is 672 g/mol. The molecule has 0 spiro atoms. The number of likely N-dealkylation sites (tertiary alicyclic amines) is 1. The molecule has 3 saturated heterocycles. The minimum Gasteiger partial charge on any atom is -0.483 e. The van der Waals surface area contributed by atoms with Gasteiger partial charge in [0, 0.05) is 42.5 Å². The molecule has 3 aromatic carbocycles. The Morgan fingerprint density at radius 3 is 2.17 bits per heavy atom. The van der Waals surface area contributed by atoms with Crippen LogP contribution in [0.5, 0.6) is 0 Å². The Balaban J connectivity index is 0.00000129. The van der Waals surface area contributed by atoms with Gasteiger partial charge >= 0.3 is 0 Å². The highest BCUT2D eigenvalue weighted by atomic mass is 32.2. The maximum Gasteiger partial charge on any atom is 0.290 e. The van der Waals surface area contributed by atoms with Crippen molar-refractivity contribution in [2.45, 2.75) is 75.4 Å². The molecule has 4 heterocycles. The Morgan fingerprint density at radius 1 is 0.938 bits per heavy atom. The molecule has 0 aliphatic carbocycles. The van der Waals surface area contributed by atoms with Crippen LogP contribution >= 0.6 is 0 Å². The Kier molecular flexibility index (Phi) is 9.89. The minimum absolute atomic E-state index is 0.00463. The summed E-state index contributed by atoms with van der Waals surface area (Å²) in [7, 11) is -3.36. The van der Waals surface area contributed by atoms with E-state index in [2.05, 4.69) is 75.7 Å². The lowest BCUT2D eigenvalue weighted by molar-refractivity contribution is -0.122. The van der Waals surface area contributed by atoms with Crippen LogP contribution in [0.1, 0.15) is 72.7 Å². The highest BCUT2D eigenvalue weighted by Crippen LogP contribution is 2.45. The number of fused-ring (bicyclic) bond motifs is 3. The standard InChI is InChI=1S/C36H43N5O3S.CH2O2/c1-26-37-33-10-6-7-11-34(33)41(26)32-24-30-16-17-31(25-32)40(30)23-20-36(28-8-4-3-5-9-28)18-21-39(22-19-36)35(42)27-12-14-29(15-13-27)38-45(2,43)44;2-1-3/h3-15,30-32,38H,16-25H2,1-2H3;1H,(H,2,3)/t30-,31+,32?;. The molecule has 48 heavy (non-hydrogen) atoms. The van der Waals surface area contributed by atoms with Gasteiger partial charge in [0.05, 0.1) is 17.3 Å². The van der Waals surface area contributed by atoms with Gasteiger partial charge in [-0.1, -0.05) is 42.5 Å². The molecule has 2 bridgehead atoms. The van der Waals surface area contributed by atoms with Crippen LogP contribution in [0, 0.1) is 6.92 Å². The number of amides is 1. The molecule has 2 N–H and O–H groups in total. The molecule has 3 fully saturated rings. The van der Waals surface area contributed by atoms with Crippen LogP contribution in [0.4, 0.5) is 5.69 Å². The van der Waals surface area contributed by atoms with Crippen LogP contribution in [-0.4, -0.2) is 83.2 Å². The summed E-state index contributed by atoms with van der Waals surface area (Å²) in [6.45, 7) is 4.40. The fourth-order valence-corrected chi connectivity index (χ4v) is 9.04. The lowest BCUT2D eigenvalue weighted by Crippen LogP contribution is -2.49. The van der Waals surface area contributed by atoms with E-state index in [1.54, 1.807) is 24.3 Å². The molecule has 1 aromatic heterocycles.